The summed E-state index contributed by atoms with van der Waals surface area (Å²) in [5, 5.41) is 6.31. The van der Waals surface area contributed by atoms with Gasteiger partial charge < -0.3 is 15.4 Å². The smallest absolute Gasteiger partial charge is 0.247 e. The second-order valence-corrected chi connectivity index (χ2v) is 6.39. The van der Waals surface area contributed by atoms with E-state index in [1.807, 2.05) is 18.2 Å². The highest BCUT2D eigenvalue weighted by Crippen LogP contribution is 2.27. The van der Waals surface area contributed by atoms with E-state index in [0.29, 0.717) is 13.2 Å². The molecule has 2 aromatic carbocycles. The van der Waals surface area contributed by atoms with Crippen LogP contribution >= 0.6 is 0 Å². The fourth-order valence-corrected chi connectivity index (χ4v) is 2.90. The maximum Gasteiger partial charge on any atom is 0.247 e. The van der Waals surface area contributed by atoms with Crippen molar-refractivity contribution in [1.82, 2.24) is 5.32 Å². The van der Waals surface area contributed by atoms with Crippen LogP contribution in [0.5, 0.6) is 0 Å². The van der Waals surface area contributed by atoms with Crippen molar-refractivity contribution in [1.29, 1.82) is 0 Å². The first kappa shape index (κ1) is 15.1. The summed E-state index contributed by atoms with van der Waals surface area (Å²) < 4.78 is 18.6. The van der Waals surface area contributed by atoms with Crippen LogP contribution in [0.3, 0.4) is 0 Å². The Morgan fingerprint density at radius 1 is 1.08 bits per heavy atom. The van der Waals surface area contributed by atoms with Crippen LogP contribution in [0.2, 0.25) is 0 Å². The lowest BCUT2D eigenvalue weighted by atomic mass is 10.0. The number of carbonyl (C=O) groups excluding carboxylic acids is 1. The minimum absolute atomic E-state index is 0.0825. The van der Waals surface area contributed by atoms with Crippen LogP contribution in [0.15, 0.2) is 42.5 Å². The van der Waals surface area contributed by atoms with E-state index in [2.05, 4.69) is 10.6 Å². The molecule has 0 bridgehead atoms. The molecule has 4 nitrogen and oxygen atoms in total. The van der Waals surface area contributed by atoms with E-state index < -0.39 is 6.04 Å². The third kappa shape index (κ3) is 3.26. The van der Waals surface area contributed by atoms with Gasteiger partial charge in [-0.15, -0.1) is 0 Å². The fraction of sp³-hybridized carbons (Fsp3) is 0.316. The number of nitrogens with one attached hydrogen (secondary N) is 2. The zero-order valence-corrected chi connectivity index (χ0v) is 13.2. The molecule has 5 heteroatoms. The van der Waals surface area contributed by atoms with Gasteiger partial charge in [0, 0.05) is 11.7 Å². The maximum atomic E-state index is 13.2. The first-order chi connectivity index (χ1) is 11.7. The molecule has 1 fully saturated rings. The van der Waals surface area contributed by atoms with Gasteiger partial charge in [-0.2, -0.15) is 0 Å². The first-order valence-electron chi connectivity index (χ1n) is 8.21. The second kappa shape index (κ2) is 6.24. The Bertz CT molecular complexity index is 756. The van der Waals surface area contributed by atoms with Gasteiger partial charge in [-0.3, -0.25) is 4.79 Å². The molecule has 1 heterocycles. The molecule has 2 aromatic rings. The van der Waals surface area contributed by atoms with Crippen LogP contribution in [-0.4, -0.2) is 11.9 Å². The first-order valence-corrected chi connectivity index (χ1v) is 8.21. The Morgan fingerprint density at radius 2 is 1.83 bits per heavy atom. The van der Waals surface area contributed by atoms with Gasteiger partial charge in [0.25, 0.3) is 0 Å². The van der Waals surface area contributed by atoms with Crippen LogP contribution in [-0.2, 0) is 22.7 Å². The average Bonchev–Trinajstić information content (AvgIpc) is 3.27. The molecule has 0 aromatic heterocycles. The van der Waals surface area contributed by atoms with Gasteiger partial charge >= 0.3 is 0 Å². The van der Waals surface area contributed by atoms with Crippen molar-refractivity contribution in [2.45, 2.75) is 38.1 Å². The molecule has 4 rings (SSSR count). The SMILES string of the molecule is O=C(NC1CC1)C(Nc1ccc2c(c1)COC2)c1ccc(F)cc1. The highest BCUT2D eigenvalue weighted by molar-refractivity contribution is 5.86. The van der Waals surface area contributed by atoms with E-state index in [-0.39, 0.29) is 17.8 Å². The summed E-state index contributed by atoms with van der Waals surface area (Å²) in [6, 6.07) is 11.8. The van der Waals surface area contributed by atoms with Crippen LogP contribution in [0, 0.1) is 5.82 Å². The second-order valence-electron chi connectivity index (χ2n) is 6.39. The fourth-order valence-electron chi connectivity index (χ4n) is 2.90. The summed E-state index contributed by atoms with van der Waals surface area (Å²) in [5.74, 6) is -0.393. The third-order valence-electron chi connectivity index (χ3n) is 4.42. The molecule has 2 N–H and O–H groups in total. The molecular weight excluding hydrogens is 307 g/mol. The van der Waals surface area contributed by atoms with Crippen molar-refractivity contribution in [2.75, 3.05) is 5.32 Å². The van der Waals surface area contributed by atoms with Crippen molar-refractivity contribution in [3.05, 3.63) is 65.0 Å². The van der Waals surface area contributed by atoms with Crippen LogP contribution < -0.4 is 10.6 Å². The molecule has 1 saturated carbocycles. The number of hydrogen-bond donors (Lipinski definition) is 2. The lowest BCUT2D eigenvalue weighted by Gasteiger charge is -2.20. The van der Waals surface area contributed by atoms with Crippen LogP contribution in [0.1, 0.15) is 35.6 Å². The van der Waals surface area contributed by atoms with Gasteiger partial charge in [-0.25, -0.2) is 4.39 Å². The number of ether oxygens (including phenoxy) is 1. The molecule has 0 saturated heterocycles. The molecule has 1 unspecified atom stereocenters. The largest absolute Gasteiger partial charge is 0.372 e. The standard InChI is InChI=1S/C19H19FN2O2/c20-15-4-1-12(2-5-15)18(19(23)22-16-7-8-16)21-17-6-3-13-10-24-11-14(13)9-17/h1-6,9,16,18,21H,7-8,10-11H2,(H,22,23). The van der Waals surface area contributed by atoms with E-state index in [1.54, 1.807) is 12.1 Å². The van der Waals surface area contributed by atoms with Gasteiger partial charge in [0.1, 0.15) is 11.9 Å². The molecule has 24 heavy (non-hydrogen) atoms. The van der Waals surface area contributed by atoms with E-state index >= 15 is 0 Å². The molecule has 0 radical (unpaired) electrons. The number of anilines is 1. The van der Waals surface area contributed by atoms with Gasteiger partial charge in [0.15, 0.2) is 0 Å². The number of amides is 1. The molecule has 1 atom stereocenters. The Kier molecular flexibility index (Phi) is 3.94. The third-order valence-corrected chi connectivity index (χ3v) is 4.42. The maximum absolute atomic E-state index is 13.2. The quantitative estimate of drug-likeness (QED) is 0.886. The minimum atomic E-state index is -0.549. The van der Waals surface area contributed by atoms with Crippen LogP contribution in [0.4, 0.5) is 10.1 Å². The number of benzene rings is 2. The molecular formula is C19H19FN2O2. The van der Waals surface area contributed by atoms with Gasteiger partial charge in [-0.05, 0) is 53.8 Å². The van der Waals surface area contributed by atoms with Crippen molar-refractivity contribution < 1.29 is 13.9 Å². The number of hydrogen-bond acceptors (Lipinski definition) is 3. The summed E-state index contributed by atoms with van der Waals surface area (Å²) in [6.07, 6.45) is 2.05. The Labute approximate surface area is 140 Å². The van der Waals surface area contributed by atoms with E-state index in [9.17, 15) is 9.18 Å². The summed E-state index contributed by atoms with van der Waals surface area (Å²) >= 11 is 0. The molecule has 2 aliphatic rings. The summed E-state index contributed by atoms with van der Waals surface area (Å²) in [7, 11) is 0. The summed E-state index contributed by atoms with van der Waals surface area (Å²) in [4.78, 5) is 12.6. The molecule has 1 aliphatic carbocycles. The van der Waals surface area contributed by atoms with Gasteiger partial charge in [-0.1, -0.05) is 18.2 Å². The average molecular weight is 326 g/mol. The lowest BCUT2D eigenvalue weighted by molar-refractivity contribution is -0.122. The molecule has 1 amide bonds. The van der Waals surface area contributed by atoms with E-state index in [0.717, 1.165) is 29.7 Å². The zero-order chi connectivity index (χ0) is 16.5. The van der Waals surface area contributed by atoms with Gasteiger partial charge in [0.05, 0.1) is 13.2 Å². The highest BCUT2D eigenvalue weighted by atomic mass is 19.1. The minimum Gasteiger partial charge on any atom is -0.372 e. The topological polar surface area (TPSA) is 50.4 Å². The summed E-state index contributed by atoms with van der Waals surface area (Å²) in [6.45, 7) is 1.24. The van der Waals surface area contributed by atoms with Crippen molar-refractivity contribution in [3.8, 4) is 0 Å². The van der Waals surface area contributed by atoms with Crippen molar-refractivity contribution in [2.24, 2.45) is 0 Å². The predicted molar refractivity (Wildman–Crippen MR) is 88.9 cm³/mol. The van der Waals surface area contributed by atoms with Crippen LogP contribution in [0.25, 0.3) is 0 Å². The normalized spacial score (nSPS) is 17.2. The zero-order valence-electron chi connectivity index (χ0n) is 13.2. The number of carbonyl (C=O) groups is 1. The number of halogens is 1. The summed E-state index contributed by atoms with van der Waals surface area (Å²) in [5.41, 5.74) is 3.92. The number of rotatable bonds is 5. The van der Waals surface area contributed by atoms with E-state index in [4.69, 9.17) is 4.74 Å². The molecule has 0 spiro atoms. The molecule has 124 valence electrons. The molecule has 1 aliphatic heterocycles. The monoisotopic (exact) mass is 326 g/mol. The Morgan fingerprint density at radius 3 is 2.58 bits per heavy atom. The Hall–Kier alpha value is -2.40. The highest BCUT2D eigenvalue weighted by Gasteiger charge is 2.28. The number of fused-ring (bicyclic) bond motifs is 1. The Balaban J connectivity index is 1.59. The lowest BCUT2D eigenvalue weighted by Crippen LogP contribution is -2.34. The van der Waals surface area contributed by atoms with E-state index in [1.165, 1.54) is 17.7 Å². The van der Waals surface area contributed by atoms with Crippen molar-refractivity contribution >= 4 is 11.6 Å². The van der Waals surface area contributed by atoms with Crippen molar-refractivity contribution in [3.63, 3.8) is 0 Å². The van der Waals surface area contributed by atoms with Gasteiger partial charge in [0.2, 0.25) is 5.91 Å². The predicted octanol–water partition coefficient (Wildman–Crippen LogP) is 3.29.